The summed E-state index contributed by atoms with van der Waals surface area (Å²) in [6.45, 7) is 4.49. The highest BCUT2D eigenvalue weighted by Gasteiger charge is 2.41. The van der Waals surface area contributed by atoms with E-state index in [0.717, 1.165) is 5.56 Å². The zero-order valence-corrected chi connectivity index (χ0v) is 25.2. The van der Waals surface area contributed by atoms with Crippen LogP contribution in [-0.4, -0.2) is 24.0 Å². The van der Waals surface area contributed by atoms with Gasteiger partial charge in [-0.3, -0.25) is 19.4 Å². The largest absolute Gasteiger partial charge is 0.493 e. The summed E-state index contributed by atoms with van der Waals surface area (Å²) in [5.74, 6) is -0.0413. The maximum atomic E-state index is 13.8. The average Bonchev–Trinajstić information content (AvgIpc) is 2.97. The number of carbonyl (C=O) groups excluding carboxylic acids is 2. The average molecular weight is 628 g/mol. The van der Waals surface area contributed by atoms with Crippen LogP contribution in [0.2, 0.25) is 0 Å². The summed E-state index contributed by atoms with van der Waals surface area (Å²) in [5, 5.41) is 0.0865. The fraction of sp³-hybridized carbons (Fsp3) is 0.121. The number of anilines is 2. The number of methoxy groups -OCH3 is 1. The number of hydrogen-bond donors (Lipinski definition) is 0. The van der Waals surface area contributed by atoms with Crippen LogP contribution >= 0.6 is 28.1 Å². The fourth-order valence-electron chi connectivity index (χ4n) is 4.52. The van der Waals surface area contributed by atoms with Crippen molar-refractivity contribution in [2.24, 2.45) is 0 Å². The van der Waals surface area contributed by atoms with Gasteiger partial charge in [0.2, 0.25) is 0 Å². The lowest BCUT2D eigenvalue weighted by atomic mass is 10.0. The van der Waals surface area contributed by atoms with Crippen molar-refractivity contribution >= 4 is 62.5 Å². The molecule has 1 heterocycles. The first-order valence-corrected chi connectivity index (χ1v) is 14.1. The van der Waals surface area contributed by atoms with E-state index < -0.39 is 11.8 Å². The summed E-state index contributed by atoms with van der Waals surface area (Å²) in [7, 11) is 1.55. The second kappa shape index (κ2) is 12.1. The van der Waals surface area contributed by atoms with Crippen molar-refractivity contribution in [3.63, 3.8) is 0 Å². The van der Waals surface area contributed by atoms with Gasteiger partial charge in [-0.2, -0.15) is 0 Å². The molecule has 206 valence electrons. The van der Waals surface area contributed by atoms with E-state index in [9.17, 15) is 9.59 Å². The highest BCUT2D eigenvalue weighted by atomic mass is 79.9. The molecule has 4 aromatic rings. The molecule has 1 aliphatic rings. The smallest absolute Gasteiger partial charge is 0.270 e. The number of ether oxygens (including phenoxy) is 2. The van der Waals surface area contributed by atoms with Crippen LogP contribution in [0.1, 0.15) is 22.3 Å². The van der Waals surface area contributed by atoms with E-state index in [-0.39, 0.29) is 10.7 Å². The number of amides is 2. The zero-order valence-electron chi connectivity index (χ0n) is 22.8. The molecule has 5 rings (SSSR count). The van der Waals surface area contributed by atoms with Gasteiger partial charge in [0.05, 0.1) is 23.0 Å². The number of carbonyl (C=O) groups is 2. The Morgan fingerprint density at radius 2 is 1.39 bits per heavy atom. The first kappa shape index (κ1) is 28.3. The Hall–Kier alpha value is -4.27. The summed E-state index contributed by atoms with van der Waals surface area (Å²) in [5.41, 5.74) is 5.11. The van der Waals surface area contributed by atoms with Gasteiger partial charge in [0.1, 0.15) is 12.2 Å². The minimum Gasteiger partial charge on any atom is -0.493 e. The van der Waals surface area contributed by atoms with E-state index >= 15 is 0 Å². The molecule has 41 heavy (non-hydrogen) atoms. The molecule has 1 fully saturated rings. The normalized spacial score (nSPS) is 13.5. The van der Waals surface area contributed by atoms with Crippen LogP contribution in [0, 0.1) is 13.8 Å². The number of nitrogens with zero attached hydrogens (tertiary/aromatic N) is 2. The van der Waals surface area contributed by atoms with Crippen LogP contribution in [0.15, 0.2) is 101 Å². The molecule has 0 bridgehead atoms. The van der Waals surface area contributed by atoms with E-state index in [1.807, 2.05) is 42.5 Å². The highest BCUT2D eigenvalue weighted by Crippen LogP contribution is 2.38. The molecule has 0 atom stereocenters. The summed E-state index contributed by atoms with van der Waals surface area (Å²) in [6, 6.07) is 27.8. The van der Waals surface area contributed by atoms with Crippen molar-refractivity contribution in [1.82, 2.24) is 0 Å². The van der Waals surface area contributed by atoms with E-state index in [4.69, 9.17) is 21.7 Å². The molecule has 0 saturated carbocycles. The molecule has 0 radical (unpaired) electrons. The SMILES string of the molecule is COc1cc(C=C2C(=O)N(c3ccccc3)C(=S)N(c3ccccc3)C2=O)cc(Br)c1OCc1ccc(C)c(C)c1. The quantitative estimate of drug-likeness (QED) is 0.121. The van der Waals surface area contributed by atoms with Gasteiger partial charge in [0.15, 0.2) is 16.6 Å². The maximum Gasteiger partial charge on any atom is 0.270 e. The van der Waals surface area contributed by atoms with Gasteiger partial charge in [-0.15, -0.1) is 0 Å². The molecule has 8 heteroatoms. The monoisotopic (exact) mass is 626 g/mol. The van der Waals surface area contributed by atoms with Gasteiger partial charge in [0.25, 0.3) is 11.8 Å². The highest BCUT2D eigenvalue weighted by molar-refractivity contribution is 9.10. The summed E-state index contributed by atoms with van der Waals surface area (Å²) in [4.78, 5) is 30.4. The third-order valence-corrected chi connectivity index (χ3v) is 7.75. The minimum atomic E-state index is -0.511. The molecule has 0 aromatic heterocycles. The maximum absolute atomic E-state index is 13.8. The van der Waals surface area contributed by atoms with Gasteiger partial charge < -0.3 is 9.47 Å². The number of hydrogen-bond acceptors (Lipinski definition) is 5. The molecule has 0 spiro atoms. The summed E-state index contributed by atoms with van der Waals surface area (Å²) in [6.07, 6.45) is 1.55. The van der Waals surface area contributed by atoms with Gasteiger partial charge in [-0.1, -0.05) is 54.6 Å². The summed E-state index contributed by atoms with van der Waals surface area (Å²) >= 11 is 9.28. The molecular weight excluding hydrogens is 600 g/mol. The number of aryl methyl sites for hydroxylation is 2. The Morgan fingerprint density at radius 1 is 0.805 bits per heavy atom. The van der Waals surface area contributed by atoms with Gasteiger partial charge in [-0.25, -0.2) is 0 Å². The molecule has 0 N–H and O–H groups in total. The van der Waals surface area contributed by atoms with Crippen molar-refractivity contribution in [2.45, 2.75) is 20.5 Å². The predicted octanol–water partition coefficient (Wildman–Crippen LogP) is 7.40. The molecule has 0 unspecified atom stereocenters. The van der Waals surface area contributed by atoms with Crippen molar-refractivity contribution in [2.75, 3.05) is 16.9 Å². The third kappa shape index (κ3) is 5.80. The van der Waals surface area contributed by atoms with E-state index in [0.29, 0.717) is 39.5 Å². The van der Waals surface area contributed by atoms with Gasteiger partial charge in [-0.05, 0) is 107 Å². The van der Waals surface area contributed by atoms with Gasteiger partial charge >= 0.3 is 0 Å². The lowest BCUT2D eigenvalue weighted by molar-refractivity contribution is -0.120. The van der Waals surface area contributed by atoms with Crippen molar-refractivity contribution in [1.29, 1.82) is 0 Å². The van der Waals surface area contributed by atoms with E-state index in [1.54, 1.807) is 49.6 Å². The Balaban J connectivity index is 1.53. The van der Waals surface area contributed by atoms with Crippen molar-refractivity contribution in [3.8, 4) is 11.5 Å². The number of rotatable bonds is 7. The van der Waals surface area contributed by atoms with E-state index in [2.05, 4.69) is 41.9 Å². The number of thiocarbonyl (C=S) groups is 1. The zero-order chi connectivity index (χ0) is 29.1. The number of para-hydroxylation sites is 2. The Kier molecular flexibility index (Phi) is 8.33. The number of halogens is 1. The Morgan fingerprint density at radius 3 is 1.93 bits per heavy atom. The molecule has 6 nitrogen and oxygen atoms in total. The van der Waals surface area contributed by atoms with Crippen LogP contribution in [0.4, 0.5) is 11.4 Å². The molecule has 1 saturated heterocycles. The third-order valence-electron chi connectivity index (χ3n) is 6.80. The second-order valence-electron chi connectivity index (χ2n) is 9.53. The molecule has 2 amide bonds. The molecular formula is C33H27BrN2O4S. The Labute approximate surface area is 252 Å². The number of benzene rings is 4. The van der Waals surface area contributed by atoms with Crippen LogP contribution in [0.5, 0.6) is 11.5 Å². The first-order chi connectivity index (χ1) is 19.8. The van der Waals surface area contributed by atoms with Crippen LogP contribution < -0.4 is 19.3 Å². The van der Waals surface area contributed by atoms with Crippen LogP contribution in [0.3, 0.4) is 0 Å². The first-order valence-electron chi connectivity index (χ1n) is 12.9. The molecule has 0 aliphatic carbocycles. The van der Waals surface area contributed by atoms with E-state index in [1.165, 1.54) is 20.9 Å². The van der Waals surface area contributed by atoms with Crippen LogP contribution in [-0.2, 0) is 16.2 Å². The lowest BCUT2D eigenvalue weighted by Crippen LogP contribution is -2.56. The molecule has 4 aromatic carbocycles. The van der Waals surface area contributed by atoms with Gasteiger partial charge in [0, 0.05) is 0 Å². The second-order valence-corrected chi connectivity index (χ2v) is 10.8. The Bertz CT molecular complexity index is 1610. The fourth-order valence-corrected chi connectivity index (χ4v) is 5.47. The van der Waals surface area contributed by atoms with Crippen molar-refractivity contribution < 1.29 is 19.1 Å². The lowest BCUT2D eigenvalue weighted by Gasteiger charge is -2.36. The topological polar surface area (TPSA) is 59.1 Å². The minimum absolute atomic E-state index is 0.0379. The molecule has 1 aliphatic heterocycles. The predicted molar refractivity (Wildman–Crippen MR) is 169 cm³/mol. The summed E-state index contributed by atoms with van der Waals surface area (Å²) < 4.78 is 12.4. The van der Waals surface area contributed by atoms with Crippen LogP contribution in [0.25, 0.3) is 6.08 Å². The standard InChI is InChI=1S/C33H27BrN2O4S/c1-21-14-15-23(16-22(21)2)20-40-30-28(34)18-24(19-29(30)39-3)17-27-31(37)35(25-10-6-4-7-11-25)33(41)36(32(27)38)26-12-8-5-9-13-26/h4-19H,20H2,1-3H3. The van der Waals surface area contributed by atoms with Crippen molar-refractivity contribution in [3.05, 3.63) is 123 Å².